The molecule has 1 heterocycles. The van der Waals surface area contributed by atoms with E-state index in [-0.39, 0.29) is 0 Å². The van der Waals surface area contributed by atoms with Crippen molar-refractivity contribution in [2.45, 2.75) is 32.4 Å². The summed E-state index contributed by atoms with van der Waals surface area (Å²) in [7, 11) is 1.69. The van der Waals surface area contributed by atoms with Crippen LogP contribution in [0.5, 0.6) is 5.75 Å². The predicted molar refractivity (Wildman–Crippen MR) is 77.3 cm³/mol. The average Bonchev–Trinajstić information content (AvgIpc) is 3.28. The van der Waals surface area contributed by atoms with E-state index in [1.807, 2.05) is 12.1 Å². The van der Waals surface area contributed by atoms with Crippen LogP contribution in [0.25, 0.3) is 10.9 Å². The van der Waals surface area contributed by atoms with Gasteiger partial charge in [0.25, 0.3) is 0 Å². The Hall–Kier alpha value is -1.61. The predicted octanol–water partition coefficient (Wildman–Crippen LogP) is 3.13. The Morgan fingerprint density at radius 2 is 2.16 bits per heavy atom. The second-order valence-electron chi connectivity index (χ2n) is 5.34. The number of pyridine rings is 1. The van der Waals surface area contributed by atoms with E-state index in [4.69, 9.17) is 9.72 Å². The SMILES string of the molecule is COc1cccc2ccc(CNC(C)C3CC3)nc12. The summed E-state index contributed by atoms with van der Waals surface area (Å²) in [4.78, 5) is 4.71. The lowest BCUT2D eigenvalue weighted by Gasteiger charge is -2.13. The van der Waals surface area contributed by atoms with Gasteiger partial charge in [-0.2, -0.15) is 0 Å². The molecule has 0 saturated heterocycles. The number of para-hydroxylation sites is 1. The number of benzene rings is 1. The molecule has 19 heavy (non-hydrogen) atoms. The van der Waals surface area contributed by atoms with Crippen LogP contribution >= 0.6 is 0 Å². The van der Waals surface area contributed by atoms with E-state index in [1.54, 1.807) is 7.11 Å². The summed E-state index contributed by atoms with van der Waals surface area (Å²) < 4.78 is 5.37. The van der Waals surface area contributed by atoms with Crippen LogP contribution in [-0.4, -0.2) is 18.1 Å². The maximum Gasteiger partial charge on any atom is 0.145 e. The van der Waals surface area contributed by atoms with E-state index < -0.39 is 0 Å². The zero-order valence-electron chi connectivity index (χ0n) is 11.5. The van der Waals surface area contributed by atoms with Crippen molar-refractivity contribution >= 4 is 10.9 Å². The van der Waals surface area contributed by atoms with Crippen LogP contribution in [0, 0.1) is 5.92 Å². The van der Waals surface area contributed by atoms with Gasteiger partial charge in [-0.15, -0.1) is 0 Å². The number of ether oxygens (including phenoxy) is 1. The number of hydrogen-bond donors (Lipinski definition) is 1. The lowest BCUT2D eigenvalue weighted by Crippen LogP contribution is -2.27. The number of nitrogens with zero attached hydrogens (tertiary/aromatic N) is 1. The zero-order valence-corrected chi connectivity index (χ0v) is 11.5. The molecule has 1 aliphatic rings. The summed E-state index contributed by atoms with van der Waals surface area (Å²) in [5, 5.41) is 4.68. The minimum absolute atomic E-state index is 0.593. The molecule has 0 bridgehead atoms. The summed E-state index contributed by atoms with van der Waals surface area (Å²) in [5.41, 5.74) is 2.02. The number of methoxy groups -OCH3 is 1. The average molecular weight is 256 g/mol. The fraction of sp³-hybridized carbons (Fsp3) is 0.438. The van der Waals surface area contributed by atoms with E-state index in [0.29, 0.717) is 6.04 Å². The third kappa shape index (κ3) is 2.71. The Bertz CT molecular complexity index is 578. The number of aromatic nitrogens is 1. The molecule has 0 amide bonds. The molecule has 3 heteroatoms. The first-order valence-electron chi connectivity index (χ1n) is 6.94. The molecular formula is C16H20N2O. The molecule has 1 aliphatic carbocycles. The number of hydrogen-bond acceptors (Lipinski definition) is 3. The summed E-state index contributed by atoms with van der Waals surface area (Å²) in [6.45, 7) is 3.09. The van der Waals surface area contributed by atoms with Crippen molar-refractivity contribution < 1.29 is 4.74 Å². The van der Waals surface area contributed by atoms with E-state index in [9.17, 15) is 0 Å². The first kappa shape index (κ1) is 12.4. The van der Waals surface area contributed by atoms with Gasteiger partial charge in [0.05, 0.1) is 12.8 Å². The Morgan fingerprint density at radius 1 is 1.32 bits per heavy atom. The smallest absolute Gasteiger partial charge is 0.145 e. The fourth-order valence-electron chi connectivity index (χ4n) is 2.45. The van der Waals surface area contributed by atoms with Crippen molar-refractivity contribution in [2.24, 2.45) is 5.92 Å². The molecule has 1 fully saturated rings. The third-order valence-electron chi connectivity index (χ3n) is 3.90. The van der Waals surface area contributed by atoms with Crippen molar-refractivity contribution in [3.05, 3.63) is 36.0 Å². The molecule has 100 valence electrons. The van der Waals surface area contributed by atoms with Gasteiger partial charge in [0, 0.05) is 18.0 Å². The van der Waals surface area contributed by atoms with E-state index in [1.165, 1.54) is 12.8 Å². The van der Waals surface area contributed by atoms with Gasteiger partial charge >= 0.3 is 0 Å². The number of rotatable bonds is 5. The molecule has 1 saturated carbocycles. The van der Waals surface area contributed by atoms with E-state index in [0.717, 1.165) is 34.8 Å². The van der Waals surface area contributed by atoms with Crippen LogP contribution < -0.4 is 10.1 Å². The molecule has 1 aromatic heterocycles. The minimum atomic E-state index is 0.593. The molecule has 3 rings (SSSR count). The molecule has 1 unspecified atom stereocenters. The van der Waals surface area contributed by atoms with Crippen LogP contribution in [0.2, 0.25) is 0 Å². The molecule has 0 radical (unpaired) electrons. The number of nitrogens with one attached hydrogen (secondary N) is 1. The summed E-state index contributed by atoms with van der Waals surface area (Å²) in [6.07, 6.45) is 2.74. The molecule has 0 aliphatic heterocycles. The maximum absolute atomic E-state index is 5.37. The van der Waals surface area contributed by atoms with Crippen molar-refractivity contribution in [1.82, 2.24) is 10.3 Å². The Balaban J connectivity index is 1.79. The molecular weight excluding hydrogens is 236 g/mol. The lowest BCUT2D eigenvalue weighted by molar-refractivity contribution is 0.418. The molecule has 0 spiro atoms. The van der Waals surface area contributed by atoms with Gasteiger partial charge in [-0.1, -0.05) is 18.2 Å². The van der Waals surface area contributed by atoms with Gasteiger partial charge in [0.15, 0.2) is 0 Å². The molecule has 1 aromatic carbocycles. The highest BCUT2D eigenvalue weighted by molar-refractivity contribution is 5.84. The molecule has 3 nitrogen and oxygen atoms in total. The molecule has 1 atom stereocenters. The Labute approximate surface area is 114 Å². The first-order valence-corrected chi connectivity index (χ1v) is 6.94. The largest absolute Gasteiger partial charge is 0.494 e. The normalized spacial score (nSPS) is 16.5. The minimum Gasteiger partial charge on any atom is -0.494 e. The molecule has 2 aromatic rings. The monoisotopic (exact) mass is 256 g/mol. The van der Waals surface area contributed by atoms with Crippen molar-refractivity contribution in [2.75, 3.05) is 7.11 Å². The highest BCUT2D eigenvalue weighted by Crippen LogP contribution is 2.32. The number of fused-ring (bicyclic) bond motifs is 1. The second-order valence-corrected chi connectivity index (χ2v) is 5.34. The summed E-state index contributed by atoms with van der Waals surface area (Å²) >= 11 is 0. The highest BCUT2D eigenvalue weighted by Gasteiger charge is 2.27. The van der Waals surface area contributed by atoms with Crippen LogP contribution in [0.1, 0.15) is 25.5 Å². The first-order chi connectivity index (χ1) is 9.28. The zero-order chi connectivity index (χ0) is 13.2. The van der Waals surface area contributed by atoms with Gasteiger partial charge < -0.3 is 10.1 Å². The van der Waals surface area contributed by atoms with Crippen LogP contribution in [-0.2, 0) is 6.54 Å². The van der Waals surface area contributed by atoms with Crippen LogP contribution in [0.3, 0.4) is 0 Å². The molecule has 1 N–H and O–H groups in total. The summed E-state index contributed by atoms with van der Waals surface area (Å²) in [6, 6.07) is 10.8. The highest BCUT2D eigenvalue weighted by atomic mass is 16.5. The van der Waals surface area contributed by atoms with E-state index >= 15 is 0 Å². The third-order valence-corrected chi connectivity index (χ3v) is 3.90. The topological polar surface area (TPSA) is 34.1 Å². The Morgan fingerprint density at radius 3 is 2.89 bits per heavy atom. The second kappa shape index (κ2) is 5.17. The van der Waals surface area contributed by atoms with E-state index in [2.05, 4.69) is 30.4 Å². The quantitative estimate of drug-likeness (QED) is 0.892. The maximum atomic E-state index is 5.37. The van der Waals surface area contributed by atoms with Crippen molar-refractivity contribution in [1.29, 1.82) is 0 Å². The van der Waals surface area contributed by atoms with Crippen LogP contribution in [0.4, 0.5) is 0 Å². The van der Waals surface area contributed by atoms with Gasteiger partial charge in [-0.05, 0) is 37.8 Å². The Kier molecular flexibility index (Phi) is 3.38. The van der Waals surface area contributed by atoms with Gasteiger partial charge in [0.2, 0.25) is 0 Å². The van der Waals surface area contributed by atoms with Gasteiger partial charge in [-0.3, -0.25) is 0 Å². The van der Waals surface area contributed by atoms with Crippen molar-refractivity contribution in [3.8, 4) is 5.75 Å². The van der Waals surface area contributed by atoms with Gasteiger partial charge in [-0.25, -0.2) is 4.98 Å². The lowest BCUT2D eigenvalue weighted by atomic mass is 10.1. The summed E-state index contributed by atoms with van der Waals surface area (Å²) in [5.74, 6) is 1.71. The van der Waals surface area contributed by atoms with Crippen molar-refractivity contribution in [3.63, 3.8) is 0 Å². The van der Waals surface area contributed by atoms with Gasteiger partial charge in [0.1, 0.15) is 11.3 Å². The fourth-order valence-corrected chi connectivity index (χ4v) is 2.45. The van der Waals surface area contributed by atoms with Crippen LogP contribution in [0.15, 0.2) is 30.3 Å². The standard InChI is InChI=1S/C16H20N2O/c1-11(12-6-7-12)17-10-14-9-8-13-4-3-5-15(19-2)16(13)18-14/h3-5,8-9,11-12,17H,6-7,10H2,1-2H3.